The minimum absolute atomic E-state index is 0.0521. The Hall–Kier alpha value is -5.16. The molecule has 0 saturated heterocycles. The average molecular weight is 546 g/mol. The molecule has 204 valence electrons. The van der Waals surface area contributed by atoms with Gasteiger partial charge in [0.05, 0.1) is 27.8 Å². The molecule has 5 nitrogen and oxygen atoms in total. The van der Waals surface area contributed by atoms with Crippen LogP contribution >= 0.6 is 0 Å². The van der Waals surface area contributed by atoms with E-state index in [1.165, 1.54) is 5.56 Å². The van der Waals surface area contributed by atoms with Gasteiger partial charge in [-0.2, -0.15) is 0 Å². The highest BCUT2D eigenvalue weighted by Crippen LogP contribution is 2.52. The summed E-state index contributed by atoms with van der Waals surface area (Å²) in [6.07, 6.45) is 0. The van der Waals surface area contributed by atoms with Gasteiger partial charge in [0.15, 0.2) is 5.66 Å². The molecule has 0 spiro atoms. The van der Waals surface area contributed by atoms with E-state index in [2.05, 4.69) is 168 Å². The number of anilines is 3. The third kappa shape index (κ3) is 3.37. The standard InChI is InChI=1S/C37H31N5/c1-36(2,3)26-22-24-29(25-23-26)40-34-38-30-18-10-12-20-32(30)41(34)37(27-14-6-4-7-15-27,28-16-8-5-9-17-28)42-33-21-13-11-19-31(33)39-35(40)42/h4-25H,1-3H3. The quantitative estimate of drug-likeness (QED) is 0.223. The van der Waals surface area contributed by atoms with Gasteiger partial charge in [-0.3, -0.25) is 9.13 Å². The molecular weight excluding hydrogens is 514 g/mol. The molecule has 0 fully saturated rings. The van der Waals surface area contributed by atoms with Crippen LogP contribution in [0.2, 0.25) is 0 Å². The molecule has 8 rings (SSSR count). The van der Waals surface area contributed by atoms with Gasteiger partial charge in [0.2, 0.25) is 11.9 Å². The summed E-state index contributed by atoms with van der Waals surface area (Å²) in [6, 6.07) is 47.2. The van der Waals surface area contributed by atoms with Crippen molar-refractivity contribution in [2.45, 2.75) is 31.8 Å². The van der Waals surface area contributed by atoms with Gasteiger partial charge in [-0.15, -0.1) is 0 Å². The van der Waals surface area contributed by atoms with Crippen molar-refractivity contribution in [3.05, 3.63) is 150 Å². The van der Waals surface area contributed by atoms with Gasteiger partial charge in [0.25, 0.3) is 0 Å². The lowest BCUT2D eigenvalue weighted by Crippen LogP contribution is -2.48. The monoisotopic (exact) mass is 545 g/mol. The summed E-state index contributed by atoms with van der Waals surface area (Å²) in [5.41, 5.74) is 7.82. The molecule has 1 aliphatic heterocycles. The fourth-order valence-corrected chi connectivity index (χ4v) is 6.52. The molecule has 0 N–H and O–H groups in total. The van der Waals surface area contributed by atoms with E-state index in [-0.39, 0.29) is 5.41 Å². The van der Waals surface area contributed by atoms with E-state index < -0.39 is 5.66 Å². The van der Waals surface area contributed by atoms with E-state index in [0.717, 1.165) is 50.8 Å². The van der Waals surface area contributed by atoms with Gasteiger partial charge >= 0.3 is 0 Å². The summed E-state index contributed by atoms with van der Waals surface area (Å²) < 4.78 is 4.82. The lowest BCUT2D eigenvalue weighted by molar-refractivity contribution is 0.370. The van der Waals surface area contributed by atoms with Crippen molar-refractivity contribution in [3.8, 4) is 0 Å². The Bertz CT molecular complexity index is 1940. The van der Waals surface area contributed by atoms with Gasteiger partial charge in [-0.05, 0) is 47.4 Å². The first-order valence-electron chi connectivity index (χ1n) is 14.5. The van der Waals surface area contributed by atoms with E-state index in [1.54, 1.807) is 0 Å². The molecule has 42 heavy (non-hydrogen) atoms. The van der Waals surface area contributed by atoms with Gasteiger partial charge < -0.3 is 0 Å². The van der Waals surface area contributed by atoms with Crippen LogP contribution in [0.15, 0.2) is 133 Å². The lowest BCUT2D eigenvalue weighted by Gasteiger charge is -2.46. The molecule has 3 heterocycles. The first kappa shape index (κ1) is 24.6. The molecule has 0 amide bonds. The third-order valence-electron chi connectivity index (χ3n) is 8.48. The summed E-state index contributed by atoms with van der Waals surface area (Å²) in [6.45, 7) is 6.74. The highest BCUT2D eigenvalue weighted by atomic mass is 15.5. The Labute approximate surface area is 245 Å². The van der Waals surface area contributed by atoms with Crippen molar-refractivity contribution >= 4 is 39.7 Å². The zero-order valence-electron chi connectivity index (χ0n) is 23.9. The number of nitrogens with zero attached hydrogens (tertiary/aromatic N) is 5. The van der Waals surface area contributed by atoms with Crippen LogP contribution in [0, 0.1) is 0 Å². The summed E-state index contributed by atoms with van der Waals surface area (Å²) in [5.74, 6) is 1.66. The predicted molar refractivity (Wildman–Crippen MR) is 171 cm³/mol. The predicted octanol–water partition coefficient (Wildman–Crippen LogP) is 8.76. The summed E-state index contributed by atoms with van der Waals surface area (Å²) in [5, 5.41) is 0. The van der Waals surface area contributed by atoms with Crippen LogP contribution in [-0.4, -0.2) is 19.1 Å². The number of hydrogen-bond donors (Lipinski definition) is 0. The fourth-order valence-electron chi connectivity index (χ4n) is 6.52. The van der Waals surface area contributed by atoms with E-state index in [0.29, 0.717) is 0 Å². The second-order valence-electron chi connectivity index (χ2n) is 12.0. The van der Waals surface area contributed by atoms with E-state index in [1.807, 2.05) is 0 Å². The second-order valence-corrected chi connectivity index (χ2v) is 12.0. The van der Waals surface area contributed by atoms with Crippen LogP contribution in [0.4, 0.5) is 17.6 Å². The number of imidazole rings is 2. The number of rotatable bonds is 3. The smallest absolute Gasteiger partial charge is 0.220 e. The van der Waals surface area contributed by atoms with E-state index in [9.17, 15) is 0 Å². The fraction of sp³-hybridized carbons (Fsp3) is 0.135. The Balaban J connectivity index is 1.57. The Morgan fingerprint density at radius 1 is 0.500 bits per heavy atom. The molecule has 0 saturated carbocycles. The van der Waals surface area contributed by atoms with Crippen LogP contribution in [0.25, 0.3) is 22.1 Å². The maximum Gasteiger partial charge on any atom is 0.220 e. The van der Waals surface area contributed by atoms with Gasteiger partial charge in [-0.25, -0.2) is 14.9 Å². The number of hydrogen-bond acceptors (Lipinski definition) is 3. The summed E-state index contributed by atoms with van der Waals surface area (Å²) >= 11 is 0. The molecule has 0 radical (unpaired) electrons. The molecule has 1 aliphatic rings. The zero-order valence-corrected chi connectivity index (χ0v) is 23.9. The topological polar surface area (TPSA) is 38.9 Å². The summed E-state index contributed by atoms with van der Waals surface area (Å²) in [7, 11) is 0. The van der Waals surface area contributed by atoms with Crippen LogP contribution in [0.1, 0.15) is 37.5 Å². The molecule has 2 aromatic heterocycles. The molecular formula is C37H31N5. The van der Waals surface area contributed by atoms with Crippen molar-refractivity contribution < 1.29 is 0 Å². The van der Waals surface area contributed by atoms with Crippen LogP contribution in [-0.2, 0) is 11.1 Å². The number of aromatic nitrogens is 4. The Morgan fingerprint density at radius 2 is 0.929 bits per heavy atom. The van der Waals surface area contributed by atoms with Crippen molar-refractivity contribution in [1.29, 1.82) is 0 Å². The minimum Gasteiger partial charge on any atom is -0.277 e. The van der Waals surface area contributed by atoms with Crippen molar-refractivity contribution in [2.24, 2.45) is 0 Å². The van der Waals surface area contributed by atoms with E-state index >= 15 is 0 Å². The molecule has 5 aromatic carbocycles. The third-order valence-corrected chi connectivity index (χ3v) is 8.48. The first-order chi connectivity index (χ1) is 20.5. The average Bonchev–Trinajstić information content (AvgIpc) is 3.60. The van der Waals surface area contributed by atoms with Gasteiger partial charge in [0.1, 0.15) is 0 Å². The van der Waals surface area contributed by atoms with Gasteiger partial charge in [-0.1, -0.05) is 118 Å². The van der Waals surface area contributed by atoms with Crippen LogP contribution in [0.5, 0.6) is 0 Å². The number of benzene rings is 5. The molecule has 5 heteroatoms. The molecule has 0 bridgehead atoms. The molecule has 0 atom stereocenters. The van der Waals surface area contributed by atoms with Crippen LogP contribution < -0.4 is 4.90 Å². The Kier molecular flexibility index (Phi) is 5.23. The second kappa shape index (κ2) is 8.92. The first-order valence-corrected chi connectivity index (χ1v) is 14.5. The Morgan fingerprint density at radius 3 is 1.38 bits per heavy atom. The normalized spacial score (nSPS) is 14.2. The van der Waals surface area contributed by atoms with E-state index in [4.69, 9.17) is 9.97 Å². The highest BCUT2D eigenvalue weighted by molar-refractivity contribution is 5.89. The SMILES string of the molecule is CC(C)(C)c1ccc(N2c3nc4ccccc4n3C(c3ccccc3)(c3ccccc3)n3c2nc2ccccc23)cc1. The number of fused-ring (bicyclic) bond motifs is 6. The van der Waals surface area contributed by atoms with Gasteiger partial charge in [0, 0.05) is 11.1 Å². The maximum atomic E-state index is 5.33. The van der Waals surface area contributed by atoms with Crippen molar-refractivity contribution in [1.82, 2.24) is 19.1 Å². The number of para-hydroxylation sites is 4. The lowest BCUT2D eigenvalue weighted by atomic mass is 9.87. The maximum absolute atomic E-state index is 5.33. The summed E-state index contributed by atoms with van der Waals surface area (Å²) in [4.78, 5) is 12.9. The zero-order chi connectivity index (χ0) is 28.5. The molecule has 0 aliphatic carbocycles. The largest absolute Gasteiger partial charge is 0.277 e. The minimum atomic E-state index is -0.790. The van der Waals surface area contributed by atoms with Crippen molar-refractivity contribution in [3.63, 3.8) is 0 Å². The highest BCUT2D eigenvalue weighted by Gasteiger charge is 2.49. The molecule has 0 unspecified atom stereocenters. The molecule has 7 aromatic rings. The van der Waals surface area contributed by atoms with Crippen LogP contribution in [0.3, 0.4) is 0 Å². The van der Waals surface area contributed by atoms with Crippen molar-refractivity contribution in [2.75, 3.05) is 4.90 Å².